The van der Waals surface area contributed by atoms with E-state index in [1.807, 2.05) is 0 Å². The third-order valence-electron chi connectivity index (χ3n) is 5.88. The normalized spacial score (nSPS) is 19.7. The molecule has 0 unspecified atom stereocenters. The van der Waals surface area contributed by atoms with E-state index in [0.29, 0.717) is 11.3 Å². The van der Waals surface area contributed by atoms with E-state index in [4.69, 9.17) is 0 Å². The van der Waals surface area contributed by atoms with Crippen molar-refractivity contribution in [3.05, 3.63) is 100 Å². The quantitative estimate of drug-likeness (QED) is 0.313. The van der Waals surface area contributed by atoms with Crippen LogP contribution in [0.5, 0.6) is 0 Å². The number of benzene rings is 3. The molecule has 2 amide bonds. The number of nitro benzene ring substituents is 1. The Balaban J connectivity index is 1.60. The number of halogens is 3. The number of non-ortho nitro benzene ring substituents is 1. The number of alkyl halides is 3. The van der Waals surface area contributed by atoms with Crippen LogP contribution in [0.1, 0.15) is 11.1 Å². The molecular weight excluding hydrogens is 465 g/mol. The fraction of sp³-hybridized carbons (Fsp3) is 0.125. The van der Waals surface area contributed by atoms with E-state index in [-0.39, 0.29) is 17.1 Å². The highest BCUT2D eigenvalue weighted by Gasteiger charge is 2.57. The molecule has 3 aromatic rings. The average molecular weight is 480 g/mol. The molecular formula is C24H15F3N4O4. The molecule has 0 bridgehead atoms. The van der Waals surface area contributed by atoms with Gasteiger partial charge in [0, 0.05) is 12.1 Å². The molecule has 0 spiro atoms. The summed E-state index contributed by atoms with van der Waals surface area (Å²) in [7, 11) is 0. The summed E-state index contributed by atoms with van der Waals surface area (Å²) in [6, 6.07) is 16.8. The summed E-state index contributed by atoms with van der Waals surface area (Å²) in [5.41, 5.74) is -0.260. The maximum Gasteiger partial charge on any atom is 0.416 e. The number of nitro groups is 1. The highest BCUT2D eigenvalue weighted by Crippen LogP contribution is 2.40. The molecule has 0 saturated carbocycles. The van der Waals surface area contributed by atoms with Crippen LogP contribution in [0.4, 0.5) is 30.2 Å². The molecule has 176 valence electrons. The highest BCUT2D eigenvalue weighted by molar-refractivity contribution is 6.34. The zero-order chi connectivity index (χ0) is 24.9. The minimum Gasteiger partial charge on any atom is -0.273 e. The number of hydrogen-bond donors (Lipinski definition) is 0. The smallest absolute Gasteiger partial charge is 0.273 e. The topological polar surface area (TPSA) is 96.1 Å². The summed E-state index contributed by atoms with van der Waals surface area (Å²) in [6.07, 6.45) is -4.65. The second-order valence-corrected chi connectivity index (χ2v) is 7.95. The molecule has 3 aromatic carbocycles. The summed E-state index contributed by atoms with van der Waals surface area (Å²) in [5.74, 6) is -2.56. The van der Waals surface area contributed by atoms with Crippen LogP contribution in [0.3, 0.4) is 0 Å². The van der Waals surface area contributed by atoms with Crippen LogP contribution >= 0.6 is 0 Å². The van der Waals surface area contributed by atoms with Gasteiger partial charge in [-0.1, -0.05) is 24.3 Å². The zero-order valence-electron chi connectivity index (χ0n) is 17.7. The first kappa shape index (κ1) is 22.3. The van der Waals surface area contributed by atoms with E-state index in [0.717, 1.165) is 23.1 Å². The molecule has 2 atom stereocenters. The zero-order valence-corrected chi connectivity index (χ0v) is 17.7. The summed E-state index contributed by atoms with van der Waals surface area (Å²) in [5, 5.41) is 16.9. The van der Waals surface area contributed by atoms with Gasteiger partial charge in [0.25, 0.3) is 11.6 Å². The Kier molecular flexibility index (Phi) is 5.12. The maximum absolute atomic E-state index is 13.5. The van der Waals surface area contributed by atoms with Gasteiger partial charge in [-0.25, -0.2) is 4.90 Å². The van der Waals surface area contributed by atoms with Crippen LogP contribution in [0.2, 0.25) is 0 Å². The maximum atomic E-state index is 13.5. The molecule has 1 saturated heterocycles. The molecule has 1 fully saturated rings. The van der Waals surface area contributed by atoms with Crippen LogP contribution < -0.4 is 9.91 Å². The molecule has 2 heterocycles. The van der Waals surface area contributed by atoms with E-state index in [1.54, 1.807) is 30.3 Å². The van der Waals surface area contributed by atoms with Crippen LogP contribution in [0.25, 0.3) is 0 Å². The van der Waals surface area contributed by atoms with Crippen molar-refractivity contribution in [1.82, 2.24) is 0 Å². The number of rotatable bonds is 4. The van der Waals surface area contributed by atoms with E-state index < -0.39 is 40.4 Å². The fourth-order valence-corrected chi connectivity index (χ4v) is 4.28. The first-order valence-corrected chi connectivity index (χ1v) is 10.4. The lowest BCUT2D eigenvalue weighted by atomic mass is 9.92. The third kappa shape index (κ3) is 3.70. The van der Waals surface area contributed by atoms with Crippen molar-refractivity contribution in [1.29, 1.82) is 0 Å². The second kappa shape index (κ2) is 8.05. The predicted octanol–water partition coefficient (Wildman–Crippen LogP) is 4.40. The Morgan fingerprint density at radius 1 is 0.857 bits per heavy atom. The second-order valence-electron chi connectivity index (χ2n) is 7.95. The largest absolute Gasteiger partial charge is 0.416 e. The van der Waals surface area contributed by atoms with Gasteiger partial charge in [-0.15, -0.1) is 0 Å². The van der Waals surface area contributed by atoms with E-state index in [1.165, 1.54) is 35.3 Å². The Bertz CT molecular complexity index is 1370. The van der Waals surface area contributed by atoms with Crippen molar-refractivity contribution in [2.24, 2.45) is 11.0 Å². The molecule has 0 radical (unpaired) electrons. The minimum atomic E-state index is -4.65. The van der Waals surface area contributed by atoms with Crippen LogP contribution in [-0.4, -0.2) is 28.5 Å². The fourth-order valence-electron chi connectivity index (χ4n) is 4.28. The van der Waals surface area contributed by atoms with Crippen molar-refractivity contribution in [3.63, 3.8) is 0 Å². The number of amides is 2. The van der Waals surface area contributed by atoms with Gasteiger partial charge in [0.1, 0.15) is 12.0 Å². The number of para-hydroxylation sites is 1. The minimum absolute atomic E-state index is 0.164. The molecule has 11 heteroatoms. The van der Waals surface area contributed by atoms with Gasteiger partial charge in [-0.05, 0) is 48.0 Å². The standard InChI is InChI=1S/C24H15F3N4O4/c25-24(26,27)15-5-4-8-18(13-15)29-22(32)19-20(14-9-11-17(12-10-14)31(34)35)28-30(21(19)23(29)33)16-6-2-1-3-7-16/h1-13,19,21H/t19-,21-/m0/s1. The number of carbonyl (C=O) groups excluding carboxylic acids is 2. The molecule has 0 aromatic heterocycles. The monoisotopic (exact) mass is 480 g/mol. The Morgan fingerprint density at radius 3 is 2.14 bits per heavy atom. The average Bonchev–Trinajstić information content (AvgIpc) is 3.36. The van der Waals surface area contributed by atoms with Crippen molar-refractivity contribution in [2.45, 2.75) is 12.2 Å². The number of fused-ring (bicyclic) bond motifs is 1. The molecule has 8 nitrogen and oxygen atoms in total. The number of imide groups is 1. The molecule has 35 heavy (non-hydrogen) atoms. The van der Waals surface area contributed by atoms with Crippen molar-refractivity contribution in [3.8, 4) is 0 Å². The van der Waals surface area contributed by atoms with Gasteiger partial charge in [0.05, 0.1) is 27.6 Å². The van der Waals surface area contributed by atoms with Gasteiger partial charge < -0.3 is 0 Å². The van der Waals surface area contributed by atoms with Crippen molar-refractivity contribution >= 4 is 34.6 Å². The number of nitrogens with zero attached hydrogens (tertiary/aromatic N) is 4. The van der Waals surface area contributed by atoms with Gasteiger partial charge in [0.15, 0.2) is 0 Å². The number of carbonyl (C=O) groups is 2. The number of hydrazone groups is 1. The summed E-state index contributed by atoms with van der Waals surface area (Å²) < 4.78 is 39.8. The van der Waals surface area contributed by atoms with E-state index >= 15 is 0 Å². The third-order valence-corrected chi connectivity index (χ3v) is 5.88. The van der Waals surface area contributed by atoms with E-state index in [9.17, 15) is 32.9 Å². The molecule has 0 N–H and O–H groups in total. The molecule has 0 aliphatic carbocycles. The van der Waals surface area contributed by atoms with Crippen molar-refractivity contribution in [2.75, 3.05) is 9.91 Å². The Morgan fingerprint density at radius 2 is 1.51 bits per heavy atom. The highest BCUT2D eigenvalue weighted by atomic mass is 19.4. The van der Waals surface area contributed by atoms with Crippen LogP contribution in [0, 0.1) is 16.0 Å². The molecule has 5 rings (SSSR count). The van der Waals surface area contributed by atoms with Gasteiger partial charge >= 0.3 is 6.18 Å². The van der Waals surface area contributed by atoms with Gasteiger partial charge in [-0.3, -0.25) is 24.7 Å². The summed E-state index contributed by atoms with van der Waals surface area (Å²) in [6.45, 7) is 0. The first-order chi connectivity index (χ1) is 16.7. The molecule has 2 aliphatic rings. The van der Waals surface area contributed by atoms with Crippen LogP contribution in [-0.2, 0) is 15.8 Å². The lowest BCUT2D eigenvalue weighted by molar-refractivity contribution is -0.384. The van der Waals surface area contributed by atoms with E-state index in [2.05, 4.69) is 5.10 Å². The summed E-state index contributed by atoms with van der Waals surface area (Å²) >= 11 is 0. The lowest BCUT2D eigenvalue weighted by Crippen LogP contribution is -2.39. The van der Waals surface area contributed by atoms with Gasteiger partial charge in [0.2, 0.25) is 5.91 Å². The van der Waals surface area contributed by atoms with Crippen LogP contribution in [0.15, 0.2) is 84.0 Å². The number of anilines is 2. The predicted molar refractivity (Wildman–Crippen MR) is 120 cm³/mol. The van der Waals surface area contributed by atoms with Crippen molar-refractivity contribution < 1.29 is 27.7 Å². The Hall–Kier alpha value is -4.54. The molecule has 2 aliphatic heterocycles. The lowest BCUT2D eigenvalue weighted by Gasteiger charge is -2.22. The summed E-state index contributed by atoms with van der Waals surface area (Å²) in [4.78, 5) is 38.2. The number of hydrogen-bond acceptors (Lipinski definition) is 6. The van der Waals surface area contributed by atoms with Gasteiger partial charge in [-0.2, -0.15) is 18.3 Å². The SMILES string of the molecule is O=C1[C@H]2C(c3ccc([N+](=O)[O-])cc3)=NN(c3ccccc3)[C@@H]2C(=O)N1c1cccc(C(F)(F)F)c1. The Labute approximate surface area is 196 Å². The first-order valence-electron chi connectivity index (χ1n) is 10.4.